The number of carbonyl (C=O) groups excluding carboxylic acids is 1. The largest absolute Gasteiger partial charge is 0.379 e. The summed E-state index contributed by atoms with van der Waals surface area (Å²) in [5, 5.41) is 3.01. The highest BCUT2D eigenvalue weighted by Crippen LogP contribution is 2.31. The van der Waals surface area contributed by atoms with E-state index < -0.39 is 10.0 Å². The summed E-state index contributed by atoms with van der Waals surface area (Å²) in [5.41, 5.74) is 3.01. The molecule has 1 N–H and O–H groups in total. The van der Waals surface area contributed by atoms with E-state index in [9.17, 15) is 13.2 Å². The van der Waals surface area contributed by atoms with Gasteiger partial charge in [0.15, 0.2) is 0 Å². The number of aryl methyl sites for hydroxylation is 2. The van der Waals surface area contributed by atoms with Crippen LogP contribution in [0.25, 0.3) is 0 Å². The van der Waals surface area contributed by atoms with E-state index in [0.29, 0.717) is 44.5 Å². The average Bonchev–Trinajstić information content (AvgIpc) is 3.15. The molecule has 7 nitrogen and oxygen atoms in total. The van der Waals surface area contributed by atoms with Gasteiger partial charge >= 0.3 is 0 Å². The molecule has 8 heteroatoms. The molecule has 2 aliphatic rings. The Morgan fingerprint density at radius 3 is 2.79 bits per heavy atom. The van der Waals surface area contributed by atoms with Gasteiger partial charge in [0.2, 0.25) is 10.0 Å². The van der Waals surface area contributed by atoms with Crippen molar-refractivity contribution in [2.24, 2.45) is 7.05 Å². The zero-order valence-corrected chi connectivity index (χ0v) is 17.5. The van der Waals surface area contributed by atoms with Crippen LogP contribution in [0.4, 0.5) is 0 Å². The summed E-state index contributed by atoms with van der Waals surface area (Å²) in [4.78, 5) is 12.9. The van der Waals surface area contributed by atoms with Crippen LogP contribution in [0.1, 0.15) is 40.4 Å². The topological polar surface area (TPSA) is 80.6 Å². The highest BCUT2D eigenvalue weighted by molar-refractivity contribution is 7.89. The first-order chi connectivity index (χ1) is 14.0. The zero-order valence-electron chi connectivity index (χ0n) is 16.6. The molecule has 0 radical (unpaired) electrons. The van der Waals surface area contributed by atoms with Crippen LogP contribution in [0.2, 0.25) is 0 Å². The SMILES string of the molecule is Cn1cc(S(=O)(=O)N2CCOCC2)cc1C(=O)NC[C@H]1CCCc2ccccc21. The summed E-state index contributed by atoms with van der Waals surface area (Å²) in [5.74, 6) is 0.0414. The Balaban J connectivity index is 1.46. The molecule has 1 fully saturated rings. The Bertz CT molecular complexity index is 993. The van der Waals surface area contributed by atoms with Gasteiger partial charge in [-0.3, -0.25) is 4.79 Å². The van der Waals surface area contributed by atoms with Gasteiger partial charge in [0.1, 0.15) is 10.6 Å². The number of sulfonamides is 1. The van der Waals surface area contributed by atoms with Crippen molar-refractivity contribution >= 4 is 15.9 Å². The maximum Gasteiger partial charge on any atom is 0.267 e. The third kappa shape index (κ3) is 4.10. The van der Waals surface area contributed by atoms with Crippen LogP contribution in [-0.4, -0.2) is 56.0 Å². The van der Waals surface area contributed by atoms with Crippen LogP contribution in [0.5, 0.6) is 0 Å². The third-order valence-electron chi connectivity index (χ3n) is 5.82. The van der Waals surface area contributed by atoms with Gasteiger partial charge in [0, 0.05) is 38.8 Å². The van der Waals surface area contributed by atoms with Crippen molar-refractivity contribution in [2.45, 2.75) is 30.1 Å². The van der Waals surface area contributed by atoms with Gasteiger partial charge in [-0.1, -0.05) is 24.3 Å². The fraction of sp³-hybridized carbons (Fsp3) is 0.476. The van der Waals surface area contributed by atoms with E-state index in [2.05, 4.69) is 23.5 Å². The van der Waals surface area contributed by atoms with Crippen molar-refractivity contribution in [2.75, 3.05) is 32.8 Å². The summed E-state index contributed by atoms with van der Waals surface area (Å²) < 4.78 is 33.9. The second-order valence-corrected chi connectivity index (χ2v) is 9.62. The van der Waals surface area contributed by atoms with Crippen LogP contribution in [0.15, 0.2) is 41.4 Å². The monoisotopic (exact) mass is 417 g/mol. The Hall–Kier alpha value is -2.16. The van der Waals surface area contributed by atoms with Crippen molar-refractivity contribution in [3.63, 3.8) is 0 Å². The third-order valence-corrected chi connectivity index (χ3v) is 7.69. The van der Waals surface area contributed by atoms with Crippen LogP contribution in [0.3, 0.4) is 0 Å². The minimum atomic E-state index is -3.62. The van der Waals surface area contributed by atoms with Gasteiger partial charge in [0.25, 0.3) is 5.91 Å². The van der Waals surface area contributed by atoms with E-state index in [0.717, 1.165) is 19.3 Å². The first-order valence-corrected chi connectivity index (χ1v) is 11.5. The predicted molar refractivity (Wildman–Crippen MR) is 109 cm³/mol. The predicted octanol–water partition coefficient (Wildman–Crippen LogP) is 1.90. The number of amides is 1. The Labute approximate surface area is 171 Å². The molecule has 0 unspecified atom stereocenters. The molecular weight excluding hydrogens is 390 g/mol. The van der Waals surface area contributed by atoms with E-state index in [4.69, 9.17) is 4.74 Å². The first-order valence-electron chi connectivity index (χ1n) is 10.1. The summed E-state index contributed by atoms with van der Waals surface area (Å²) in [6.45, 7) is 2.00. The smallest absolute Gasteiger partial charge is 0.267 e. The number of ether oxygens (including phenoxy) is 1. The number of fused-ring (bicyclic) bond motifs is 1. The molecule has 0 saturated carbocycles. The van der Waals surface area contributed by atoms with Crippen molar-refractivity contribution in [1.82, 2.24) is 14.2 Å². The summed E-state index contributed by atoms with van der Waals surface area (Å²) in [6, 6.07) is 9.86. The lowest BCUT2D eigenvalue weighted by Crippen LogP contribution is -2.40. The highest BCUT2D eigenvalue weighted by atomic mass is 32.2. The molecule has 1 atom stereocenters. The van der Waals surface area contributed by atoms with Crippen molar-refractivity contribution in [3.8, 4) is 0 Å². The molecule has 1 aromatic carbocycles. The highest BCUT2D eigenvalue weighted by Gasteiger charge is 2.29. The molecule has 2 heterocycles. The minimum absolute atomic E-state index is 0.148. The van der Waals surface area contributed by atoms with Gasteiger partial charge in [-0.2, -0.15) is 4.31 Å². The molecule has 4 rings (SSSR count). The lowest BCUT2D eigenvalue weighted by atomic mass is 9.83. The molecule has 29 heavy (non-hydrogen) atoms. The molecule has 1 aromatic heterocycles. The van der Waals surface area contributed by atoms with Gasteiger partial charge in [-0.15, -0.1) is 0 Å². The molecule has 1 aliphatic heterocycles. The van der Waals surface area contributed by atoms with E-state index in [1.54, 1.807) is 11.6 Å². The number of morpholine rings is 1. The van der Waals surface area contributed by atoms with Crippen LogP contribution in [0, 0.1) is 0 Å². The van der Waals surface area contributed by atoms with E-state index in [1.807, 2.05) is 6.07 Å². The average molecular weight is 418 g/mol. The Morgan fingerprint density at radius 2 is 2.00 bits per heavy atom. The standard InChI is InChI=1S/C21H27N3O4S/c1-23-15-18(29(26,27)24-9-11-28-12-10-24)13-20(23)21(25)22-14-17-7-4-6-16-5-2-3-8-19(16)17/h2-3,5,8,13,15,17H,4,6-7,9-12,14H2,1H3,(H,22,25)/t17-/m1/s1. The maximum absolute atomic E-state index is 12.8. The number of benzene rings is 1. The molecule has 1 saturated heterocycles. The molecule has 156 valence electrons. The molecular formula is C21H27N3O4S. The van der Waals surface area contributed by atoms with E-state index >= 15 is 0 Å². The van der Waals surface area contributed by atoms with Gasteiger partial charge in [0.05, 0.1) is 13.2 Å². The van der Waals surface area contributed by atoms with Crippen LogP contribution < -0.4 is 5.32 Å². The van der Waals surface area contributed by atoms with Crippen molar-refractivity contribution in [1.29, 1.82) is 0 Å². The lowest BCUT2D eigenvalue weighted by molar-refractivity contribution is 0.0730. The fourth-order valence-electron chi connectivity index (χ4n) is 4.21. The molecule has 1 amide bonds. The van der Waals surface area contributed by atoms with Crippen molar-refractivity contribution in [3.05, 3.63) is 53.3 Å². The molecule has 1 aliphatic carbocycles. The molecule has 2 aromatic rings. The van der Waals surface area contributed by atoms with Crippen molar-refractivity contribution < 1.29 is 17.9 Å². The Morgan fingerprint density at radius 1 is 1.24 bits per heavy atom. The number of hydrogen-bond donors (Lipinski definition) is 1. The number of rotatable bonds is 5. The second-order valence-electron chi connectivity index (χ2n) is 7.69. The van der Waals surface area contributed by atoms with Gasteiger partial charge in [-0.05, 0) is 36.5 Å². The van der Waals surface area contributed by atoms with Crippen LogP contribution >= 0.6 is 0 Å². The maximum atomic E-state index is 12.8. The molecule has 0 spiro atoms. The Kier molecular flexibility index (Phi) is 5.76. The first kappa shape index (κ1) is 20.1. The normalized spacial score (nSPS) is 20.2. The second kappa shape index (κ2) is 8.30. The van der Waals surface area contributed by atoms with Gasteiger partial charge < -0.3 is 14.6 Å². The van der Waals surface area contributed by atoms with E-state index in [1.165, 1.54) is 27.7 Å². The lowest BCUT2D eigenvalue weighted by Gasteiger charge is -2.25. The number of carbonyl (C=O) groups is 1. The number of nitrogens with zero attached hydrogens (tertiary/aromatic N) is 2. The number of nitrogens with one attached hydrogen (secondary N) is 1. The summed E-state index contributed by atoms with van der Waals surface area (Å²) >= 11 is 0. The molecule has 0 bridgehead atoms. The quantitative estimate of drug-likeness (QED) is 0.806. The number of hydrogen-bond acceptors (Lipinski definition) is 4. The zero-order chi connectivity index (χ0) is 20.4. The number of aromatic nitrogens is 1. The fourth-order valence-corrected chi connectivity index (χ4v) is 5.69. The van der Waals surface area contributed by atoms with E-state index in [-0.39, 0.29) is 10.8 Å². The minimum Gasteiger partial charge on any atom is -0.379 e. The summed E-state index contributed by atoms with van der Waals surface area (Å²) in [6.07, 6.45) is 4.75. The summed E-state index contributed by atoms with van der Waals surface area (Å²) in [7, 11) is -1.92. The van der Waals surface area contributed by atoms with Gasteiger partial charge in [-0.25, -0.2) is 8.42 Å². The van der Waals surface area contributed by atoms with Crippen LogP contribution in [-0.2, 0) is 28.2 Å².